The lowest BCUT2D eigenvalue weighted by Crippen LogP contribution is -2.64. The number of carbonyl (C=O) groups excluding carboxylic acids is 2. The molecule has 0 radical (unpaired) electrons. The van der Waals surface area contributed by atoms with Gasteiger partial charge in [-0.2, -0.15) is 0 Å². The van der Waals surface area contributed by atoms with Gasteiger partial charge in [-0.15, -0.1) is 0 Å². The summed E-state index contributed by atoms with van der Waals surface area (Å²) in [6, 6.07) is 15.7. The van der Waals surface area contributed by atoms with Crippen LogP contribution in [0.5, 0.6) is 11.5 Å². The largest absolute Gasteiger partial charge is 0.493 e. The Balaban J connectivity index is 1.56. The van der Waals surface area contributed by atoms with Crippen LogP contribution in [0.3, 0.4) is 0 Å². The lowest BCUT2D eigenvalue weighted by molar-refractivity contribution is -0.134. The minimum atomic E-state index is -1.08. The normalized spacial score (nSPS) is 20.6. The number of nitrogens with one attached hydrogen (secondary N) is 1. The molecule has 2 heterocycles. The molecule has 2 aromatic carbocycles. The highest BCUT2D eigenvalue weighted by Crippen LogP contribution is 2.37. The summed E-state index contributed by atoms with van der Waals surface area (Å²) >= 11 is 0. The van der Waals surface area contributed by atoms with Crippen LogP contribution in [-0.2, 0) is 17.9 Å². The summed E-state index contributed by atoms with van der Waals surface area (Å²) in [5, 5.41) is 4.32. The fourth-order valence-corrected chi connectivity index (χ4v) is 5.77. The van der Waals surface area contributed by atoms with E-state index in [1.54, 1.807) is 19.1 Å². The number of hydrogen-bond donors (Lipinski definition) is 1. The van der Waals surface area contributed by atoms with Crippen molar-refractivity contribution in [3.63, 3.8) is 0 Å². The van der Waals surface area contributed by atoms with Crippen molar-refractivity contribution in [3.05, 3.63) is 59.8 Å². The van der Waals surface area contributed by atoms with Gasteiger partial charge in [-0.05, 0) is 38.0 Å². The van der Waals surface area contributed by atoms with Crippen LogP contribution < -0.4 is 14.8 Å². The molecule has 36 heavy (non-hydrogen) atoms. The lowest BCUT2D eigenvalue weighted by Gasteiger charge is -2.44. The maximum atomic E-state index is 14.1. The molecule has 7 nitrogen and oxygen atoms in total. The number of benzene rings is 2. The fraction of sp³-hybridized carbons (Fsp3) is 0.448. The molecule has 0 bridgehead atoms. The molecule has 5 rings (SSSR count). The summed E-state index contributed by atoms with van der Waals surface area (Å²) in [5.41, 5.74) is 1.28. The first-order valence-corrected chi connectivity index (χ1v) is 12.9. The Morgan fingerprint density at radius 3 is 2.50 bits per heavy atom. The van der Waals surface area contributed by atoms with Gasteiger partial charge in [0.25, 0.3) is 5.91 Å². The second-order valence-corrected chi connectivity index (χ2v) is 10.2. The third kappa shape index (κ3) is 4.21. The maximum Gasteiger partial charge on any atom is 0.271 e. The Morgan fingerprint density at radius 2 is 1.78 bits per heavy atom. The molecule has 1 aliphatic heterocycles. The topological polar surface area (TPSA) is 72.8 Å². The minimum Gasteiger partial charge on any atom is -0.493 e. The zero-order valence-corrected chi connectivity index (χ0v) is 21.4. The molecule has 0 saturated heterocycles. The van der Waals surface area contributed by atoms with Crippen LogP contribution >= 0.6 is 0 Å². The first-order chi connectivity index (χ1) is 17.5. The van der Waals surface area contributed by atoms with Crippen molar-refractivity contribution in [1.82, 2.24) is 14.8 Å². The van der Waals surface area contributed by atoms with Crippen LogP contribution in [-0.4, -0.2) is 47.1 Å². The van der Waals surface area contributed by atoms with Crippen molar-refractivity contribution in [3.8, 4) is 11.5 Å². The monoisotopic (exact) mass is 489 g/mol. The van der Waals surface area contributed by atoms with Crippen LogP contribution in [0.1, 0.15) is 61.5 Å². The first-order valence-electron chi connectivity index (χ1n) is 12.9. The third-order valence-electron chi connectivity index (χ3n) is 7.83. The van der Waals surface area contributed by atoms with E-state index in [4.69, 9.17) is 9.47 Å². The summed E-state index contributed by atoms with van der Waals surface area (Å²) in [4.78, 5) is 29.8. The van der Waals surface area contributed by atoms with Crippen molar-refractivity contribution >= 4 is 22.7 Å². The first kappa shape index (κ1) is 24.2. The number of aromatic nitrogens is 1. The van der Waals surface area contributed by atoms with E-state index in [-0.39, 0.29) is 24.4 Å². The van der Waals surface area contributed by atoms with E-state index in [1.807, 2.05) is 60.0 Å². The highest BCUT2D eigenvalue weighted by Gasteiger charge is 2.48. The number of fused-ring (bicyclic) bond motifs is 3. The van der Waals surface area contributed by atoms with Crippen molar-refractivity contribution in [2.24, 2.45) is 0 Å². The number of methoxy groups -OCH3 is 2. The van der Waals surface area contributed by atoms with E-state index in [0.717, 1.165) is 42.1 Å². The van der Waals surface area contributed by atoms with Crippen LogP contribution in [0.4, 0.5) is 0 Å². The average molecular weight is 490 g/mol. The van der Waals surface area contributed by atoms with Gasteiger partial charge in [0.15, 0.2) is 11.5 Å². The van der Waals surface area contributed by atoms with Crippen LogP contribution in [0.25, 0.3) is 10.9 Å². The Kier molecular flexibility index (Phi) is 6.65. The summed E-state index contributed by atoms with van der Waals surface area (Å²) in [6.07, 6.45) is 6.63. The number of ether oxygens (including phenoxy) is 2. The van der Waals surface area contributed by atoms with Crippen LogP contribution in [0.2, 0.25) is 0 Å². The number of amides is 2. The quantitative estimate of drug-likeness (QED) is 0.499. The van der Waals surface area contributed by atoms with E-state index in [9.17, 15) is 9.59 Å². The molecule has 2 amide bonds. The molecule has 7 heteroatoms. The van der Waals surface area contributed by atoms with E-state index in [2.05, 4.69) is 5.32 Å². The molecule has 0 spiro atoms. The van der Waals surface area contributed by atoms with Gasteiger partial charge in [-0.3, -0.25) is 9.59 Å². The third-order valence-corrected chi connectivity index (χ3v) is 7.83. The minimum absolute atomic E-state index is 0.104. The summed E-state index contributed by atoms with van der Waals surface area (Å²) < 4.78 is 13.1. The van der Waals surface area contributed by atoms with E-state index < -0.39 is 5.54 Å². The smallest absolute Gasteiger partial charge is 0.271 e. The van der Waals surface area contributed by atoms with Gasteiger partial charge in [0.05, 0.1) is 27.3 Å². The second-order valence-electron chi connectivity index (χ2n) is 10.2. The lowest BCUT2D eigenvalue weighted by atomic mass is 9.92. The zero-order chi connectivity index (χ0) is 25.3. The fourth-order valence-electron chi connectivity index (χ4n) is 5.77. The molecule has 1 aromatic heterocycles. The summed E-state index contributed by atoms with van der Waals surface area (Å²) in [5.74, 6) is 0.900. The Labute approximate surface area is 212 Å². The molecule has 1 N–H and O–H groups in total. The number of carbonyl (C=O) groups is 2. The number of nitrogens with zero attached hydrogens (tertiary/aromatic N) is 2. The number of rotatable bonds is 6. The highest BCUT2D eigenvalue weighted by atomic mass is 16.5. The van der Waals surface area contributed by atoms with Gasteiger partial charge in [-0.1, -0.05) is 56.0 Å². The highest BCUT2D eigenvalue weighted by molar-refractivity contribution is 6.03. The molecular weight excluding hydrogens is 454 g/mol. The van der Waals surface area contributed by atoms with Crippen molar-refractivity contribution < 1.29 is 19.1 Å². The number of hydrogen-bond acceptors (Lipinski definition) is 4. The molecule has 3 aromatic rings. The SMILES string of the molecule is COc1cccc(CN2C(=O)c3cc4ccccc4n3CC2(C)C(=O)NC2CCCCCC2)c1OC. The molecule has 190 valence electrons. The van der Waals surface area contributed by atoms with Gasteiger partial charge < -0.3 is 24.3 Å². The van der Waals surface area contributed by atoms with Gasteiger partial charge in [0.1, 0.15) is 11.2 Å². The van der Waals surface area contributed by atoms with Gasteiger partial charge in [0, 0.05) is 22.5 Å². The standard InChI is InChI=1S/C29H35N3O4/c1-29(28(34)30-22-13-6-4-5-7-14-22)19-31-23-15-9-8-11-20(23)17-24(31)27(33)32(29)18-21-12-10-16-25(35-2)26(21)36-3/h8-12,15-17,22H,4-7,13-14,18-19H2,1-3H3,(H,30,34). The predicted molar refractivity (Wildman–Crippen MR) is 139 cm³/mol. The molecule has 1 aliphatic carbocycles. The Morgan fingerprint density at radius 1 is 1.03 bits per heavy atom. The Bertz CT molecular complexity index is 1270. The second kappa shape index (κ2) is 9.88. The van der Waals surface area contributed by atoms with E-state index in [1.165, 1.54) is 12.8 Å². The van der Waals surface area contributed by atoms with Gasteiger partial charge in [0.2, 0.25) is 5.91 Å². The van der Waals surface area contributed by atoms with Crippen molar-refractivity contribution in [1.29, 1.82) is 0 Å². The number of para-hydroxylation sites is 2. The molecule has 1 fully saturated rings. The molecular formula is C29H35N3O4. The van der Waals surface area contributed by atoms with Crippen molar-refractivity contribution in [2.75, 3.05) is 14.2 Å². The van der Waals surface area contributed by atoms with Crippen LogP contribution in [0.15, 0.2) is 48.5 Å². The van der Waals surface area contributed by atoms with E-state index in [0.29, 0.717) is 23.7 Å². The summed E-state index contributed by atoms with van der Waals surface area (Å²) in [7, 11) is 3.19. The summed E-state index contributed by atoms with van der Waals surface area (Å²) in [6.45, 7) is 2.50. The van der Waals surface area contributed by atoms with Crippen LogP contribution in [0, 0.1) is 0 Å². The Hall–Kier alpha value is -3.48. The molecule has 1 saturated carbocycles. The maximum absolute atomic E-state index is 14.1. The molecule has 1 unspecified atom stereocenters. The van der Waals surface area contributed by atoms with E-state index >= 15 is 0 Å². The zero-order valence-electron chi connectivity index (χ0n) is 21.4. The van der Waals surface area contributed by atoms with Gasteiger partial charge in [-0.25, -0.2) is 0 Å². The predicted octanol–water partition coefficient (Wildman–Crippen LogP) is 4.91. The van der Waals surface area contributed by atoms with Gasteiger partial charge >= 0.3 is 0 Å². The average Bonchev–Trinajstić information content (AvgIpc) is 3.06. The molecule has 2 aliphatic rings. The van der Waals surface area contributed by atoms with Crippen molar-refractivity contribution in [2.45, 2.75) is 70.1 Å². The molecule has 1 atom stereocenters.